The first-order valence-electron chi connectivity index (χ1n) is 7.60. The van der Waals surface area contributed by atoms with Crippen LogP contribution >= 0.6 is 0 Å². The van der Waals surface area contributed by atoms with Crippen molar-refractivity contribution < 1.29 is 4.74 Å². The molecule has 0 aromatic rings. The standard InChI is InChI=1S/C15H31NO/c1-4-10-16-11-8-15(9-12-16)17-13-6-7-14(3)5-2/h14-15H,4-13H2,1-3H3. The van der Waals surface area contributed by atoms with Crippen LogP contribution in [0.15, 0.2) is 0 Å². The lowest BCUT2D eigenvalue weighted by atomic mass is 10.0. The van der Waals surface area contributed by atoms with E-state index in [2.05, 4.69) is 25.7 Å². The van der Waals surface area contributed by atoms with Gasteiger partial charge in [0, 0.05) is 19.7 Å². The zero-order valence-electron chi connectivity index (χ0n) is 12.1. The van der Waals surface area contributed by atoms with Crippen molar-refractivity contribution in [3.05, 3.63) is 0 Å². The highest BCUT2D eigenvalue weighted by atomic mass is 16.5. The third-order valence-electron chi connectivity index (χ3n) is 3.97. The molecule has 1 fully saturated rings. The van der Waals surface area contributed by atoms with Gasteiger partial charge in [0.1, 0.15) is 0 Å². The molecule has 0 radical (unpaired) electrons. The number of hydrogen-bond acceptors (Lipinski definition) is 2. The Balaban J connectivity index is 1.99. The molecule has 1 unspecified atom stereocenters. The van der Waals surface area contributed by atoms with E-state index in [9.17, 15) is 0 Å². The summed E-state index contributed by atoms with van der Waals surface area (Å²) in [5.74, 6) is 0.866. The molecule has 0 spiro atoms. The Kier molecular flexibility index (Phi) is 7.87. The lowest BCUT2D eigenvalue weighted by Gasteiger charge is -2.31. The molecular weight excluding hydrogens is 210 g/mol. The molecule has 1 atom stereocenters. The van der Waals surface area contributed by atoms with E-state index in [0.29, 0.717) is 6.10 Å². The van der Waals surface area contributed by atoms with Gasteiger partial charge in [0.05, 0.1) is 6.10 Å². The van der Waals surface area contributed by atoms with Gasteiger partial charge in [-0.2, -0.15) is 0 Å². The van der Waals surface area contributed by atoms with Gasteiger partial charge in [-0.1, -0.05) is 27.2 Å². The summed E-state index contributed by atoms with van der Waals surface area (Å²) in [7, 11) is 0. The molecule has 0 saturated carbocycles. The lowest BCUT2D eigenvalue weighted by Crippen LogP contribution is -2.37. The Morgan fingerprint density at radius 3 is 2.53 bits per heavy atom. The molecule has 0 N–H and O–H groups in total. The molecule has 2 heteroatoms. The fraction of sp³-hybridized carbons (Fsp3) is 1.00. The summed E-state index contributed by atoms with van der Waals surface area (Å²) in [6.07, 6.45) is 8.16. The Bertz CT molecular complexity index is 176. The van der Waals surface area contributed by atoms with Crippen molar-refractivity contribution in [1.82, 2.24) is 4.90 Å². The topological polar surface area (TPSA) is 12.5 Å². The minimum absolute atomic E-state index is 0.542. The second-order valence-corrected chi connectivity index (χ2v) is 5.57. The van der Waals surface area contributed by atoms with Gasteiger partial charge >= 0.3 is 0 Å². The van der Waals surface area contributed by atoms with E-state index in [4.69, 9.17) is 4.74 Å². The average Bonchev–Trinajstić information content (AvgIpc) is 2.36. The fourth-order valence-corrected chi connectivity index (χ4v) is 2.50. The van der Waals surface area contributed by atoms with Crippen LogP contribution in [0.5, 0.6) is 0 Å². The maximum Gasteiger partial charge on any atom is 0.0599 e. The molecule has 0 amide bonds. The molecule has 1 saturated heterocycles. The van der Waals surface area contributed by atoms with Crippen LogP contribution in [0.2, 0.25) is 0 Å². The smallest absolute Gasteiger partial charge is 0.0599 e. The molecule has 1 aliphatic heterocycles. The van der Waals surface area contributed by atoms with Gasteiger partial charge in [0.25, 0.3) is 0 Å². The molecule has 1 heterocycles. The Labute approximate surface area is 108 Å². The van der Waals surface area contributed by atoms with Gasteiger partial charge in [-0.05, 0) is 44.6 Å². The minimum Gasteiger partial charge on any atom is -0.378 e. The van der Waals surface area contributed by atoms with Gasteiger partial charge in [-0.15, -0.1) is 0 Å². The van der Waals surface area contributed by atoms with Crippen molar-refractivity contribution in [1.29, 1.82) is 0 Å². The summed E-state index contributed by atoms with van der Waals surface area (Å²) >= 11 is 0. The third kappa shape index (κ3) is 6.42. The molecule has 0 aromatic heterocycles. The first-order valence-corrected chi connectivity index (χ1v) is 7.60. The molecule has 102 valence electrons. The van der Waals surface area contributed by atoms with E-state index in [1.807, 2.05) is 0 Å². The molecule has 0 aliphatic carbocycles. The molecule has 0 aromatic carbocycles. The van der Waals surface area contributed by atoms with Crippen molar-refractivity contribution in [2.45, 2.75) is 65.4 Å². The number of hydrogen-bond donors (Lipinski definition) is 0. The van der Waals surface area contributed by atoms with Gasteiger partial charge in [0.15, 0.2) is 0 Å². The summed E-state index contributed by atoms with van der Waals surface area (Å²) in [5.41, 5.74) is 0. The monoisotopic (exact) mass is 241 g/mol. The van der Waals surface area contributed by atoms with Crippen LogP contribution in [0, 0.1) is 5.92 Å². The fourth-order valence-electron chi connectivity index (χ4n) is 2.50. The van der Waals surface area contributed by atoms with E-state index in [1.165, 1.54) is 58.2 Å². The first kappa shape index (κ1) is 15.0. The van der Waals surface area contributed by atoms with Crippen molar-refractivity contribution in [2.24, 2.45) is 5.92 Å². The van der Waals surface area contributed by atoms with E-state index in [1.54, 1.807) is 0 Å². The van der Waals surface area contributed by atoms with Gasteiger partial charge in [0.2, 0.25) is 0 Å². The molecule has 17 heavy (non-hydrogen) atoms. The summed E-state index contributed by atoms with van der Waals surface area (Å²) in [6, 6.07) is 0. The van der Waals surface area contributed by atoms with Gasteiger partial charge in [-0.3, -0.25) is 0 Å². The third-order valence-corrected chi connectivity index (χ3v) is 3.97. The highest BCUT2D eigenvalue weighted by molar-refractivity contribution is 4.72. The molecule has 0 bridgehead atoms. The van der Waals surface area contributed by atoms with E-state index < -0.39 is 0 Å². The highest BCUT2D eigenvalue weighted by Gasteiger charge is 2.18. The molecule has 1 aliphatic rings. The van der Waals surface area contributed by atoms with Gasteiger partial charge < -0.3 is 9.64 Å². The molecular formula is C15H31NO. The summed E-state index contributed by atoms with van der Waals surface area (Å²) in [4.78, 5) is 2.57. The van der Waals surface area contributed by atoms with Crippen molar-refractivity contribution in [3.8, 4) is 0 Å². The van der Waals surface area contributed by atoms with Crippen LogP contribution in [-0.2, 0) is 4.74 Å². The van der Waals surface area contributed by atoms with Crippen LogP contribution in [0.25, 0.3) is 0 Å². The SMILES string of the molecule is CCCN1CCC(OCCCC(C)CC)CC1. The Morgan fingerprint density at radius 1 is 1.24 bits per heavy atom. The Hall–Kier alpha value is -0.0800. The number of likely N-dealkylation sites (tertiary alicyclic amines) is 1. The first-order chi connectivity index (χ1) is 8.26. The highest BCUT2D eigenvalue weighted by Crippen LogP contribution is 2.15. The largest absolute Gasteiger partial charge is 0.378 e. The predicted octanol–water partition coefficient (Wildman–Crippen LogP) is 3.70. The van der Waals surface area contributed by atoms with Crippen LogP contribution in [0.4, 0.5) is 0 Å². The average molecular weight is 241 g/mol. The van der Waals surface area contributed by atoms with Crippen molar-refractivity contribution in [3.63, 3.8) is 0 Å². The van der Waals surface area contributed by atoms with E-state index >= 15 is 0 Å². The van der Waals surface area contributed by atoms with E-state index in [-0.39, 0.29) is 0 Å². The zero-order chi connectivity index (χ0) is 12.5. The summed E-state index contributed by atoms with van der Waals surface area (Å²) in [5, 5.41) is 0. The van der Waals surface area contributed by atoms with E-state index in [0.717, 1.165) is 12.5 Å². The van der Waals surface area contributed by atoms with Crippen molar-refractivity contribution >= 4 is 0 Å². The van der Waals surface area contributed by atoms with Crippen LogP contribution in [0.3, 0.4) is 0 Å². The van der Waals surface area contributed by atoms with Crippen LogP contribution in [-0.4, -0.2) is 37.2 Å². The second-order valence-electron chi connectivity index (χ2n) is 5.57. The minimum atomic E-state index is 0.542. The summed E-state index contributed by atoms with van der Waals surface area (Å²) < 4.78 is 5.98. The quantitative estimate of drug-likeness (QED) is 0.601. The number of piperidine rings is 1. The maximum absolute atomic E-state index is 5.98. The number of nitrogens with zero attached hydrogens (tertiary/aromatic N) is 1. The van der Waals surface area contributed by atoms with Crippen molar-refractivity contribution in [2.75, 3.05) is 26.2 Å². The van der Waals surface area contributed by atoms with Crippen LogP contribution in [0.1, 0.15) is 59.3 Å². The zero-order valence-corrected chi connectivity index (χ0v) is 12.1. The molecule has 2 nitrogen and oxygen atoms in total. The van der Waals surface area contributed by atoms with Gasteiger partial charge in [-0.25, -0.2) is 0 Å². The normalized spacial score (nSPS) is 20.6. The Morgan fingerprint density at radius 2 is 1.94 bits per heavy atom. The van der Waals surface area contributed by atoms with Crippen LogP contribution < -0.4 is 0 Å². The maximum atomic E-state index is 5.98. The predicted molar refractivity (Wildman–Crippen MR) is 74.4 cm³/mol. The number of rotatable bonds is 8. The molecule has 1 rings (SSSR count). The lowest BCUT2D eigenvalue weighted by molar-refractivity contribution is 0.00507. The second kappa shape index (κ2) is 8.93. The number of ether oxygens (including phenoxy) is 1. The summed E-state index contributed by atoms with van der Waals surface area (Å²) in [6.45, 7) is 11.6.